The molecule has 0 amide bonds. The molecular weight excluding hydrogens is 431 g/mol. The number of nitrogens with zero attached hydrogens (tertiary/aromatic N) is 1. The van der Waals surface area contributed by atoms with E-state index in [9.17, 15) is 21.6 Å². The van der Waals surface area contributed by atoms with Crippen LogP contribution in [0, 0.1) is 0 Å². The van der Waals surface area contributed by atoms with Crippen molar-refractivity contribution in [3.05, 3.63) is 71.9 Å². The van der Waals surface area contributed by atoms with Crippen LogP contribution in [0.2, 0.25) is 0 Å². The Morgan fingerprint density at radius 3 is 2.34 bits per heavy atom. The highest BCUT2D eigenvalue weighted by Gasteiger charge is 2.31. The maximum absolute atomic E-state index is 12.3. The summed E-state index contributed by atoms with van der Waals surface area (Å²) in [7, 11) is -3.42. The van der Waals surface area contributed by atoms with Crippen molar-refractivity contribution in [3.8, 4) is 11.5 Å². The fraction of sp³-hybridized carbons (Fsp3) is 0.158. The molecule has 0 bridgehead atoms. The molecule has 5 nitrogen and oxygen atoms in total. The van der Waals surface area contributed by atoms with Crippen LogP contribution in [-0.4, -0.2) is 27.3 Å². The number of sulfone groups is 1. The van der Waals surface area contributed by atoms with Gasteiger partial charge in [-0.2, -0.15) is 0 Å². The number of alkyl halides is 3. The number of hydrogen-bond donors (Lipinski definition) is 0. The molecule has 1 aliphatic rings. The van der Waals surface area contributed by atoms with E-state index in [0.29, 0.717) is 10.7 Å². The van der Waals surface area contributed by atoms with Crippen molar-refractivity contribution >= 4 is 27.1 Å². The zero-order valence-electron chi connectivity index (χ0n) is 14.9. The highest BCUT2D eigenvalue weighted by molar-refractivity contribution is 7.90. The molecule has 0 fully saturated rings. The summed E-state index contributed by atoms with van der Waals surface area (Å²) in [6.45, 7) is 0. The SMILES string of the molecule is CS(=O)(=O)c1cccc(N2C=C(Cl)C=CC2Oc2ccc(OC(F)(F)F)cc2)c1. The Hall–Kier alpha value is -2.65. The van der Waals surface area contributed by atoms with Crippen molar-refractivity contribution in [1.29, 1.82) is 0 Å². The van der Waals surface area contributed by atoms with Crippen molar-refractivity contribution < 1.29 is 31.1 Å². The van der Waals surface area contributed by atoms with Crippen LogP contribution in [0.3, 0.4) is 0 Å². The van der Waals surface area contributed by atoms with Gasteiger partial charge in [0.1, 0.15) is 11.5 Å². The number of benzene rings is 2. The van der Waals surface area contributed by atoms with Crippen molar-refractivity contribution in [2.75, 3.05) is 11.2 Å². The summed E-state index contributed by atoms with van der Waals surface area (Å²) in [5.41, 5.74) is 0.512. The van der Waals surface area contributed by atoms with Crippen molar-refractivity contribution in [2.24, 2.45) is 0 Å². The Morgan fingerprint density at radius 1 is 1.07 bits per heavy atom. The highest BCUT2D eigenvalue weighted by atomic mass is 35.5. The average Bonchev–Trinajstić information content (AvgIpc) is 2.63. The van der Waals surface area contributed by atoms with Crippen LogP contribution in [0.1, 0.15) is 0 Å². The molecule has 0 saturated carbocycles. The molecule has 0 N–H and O–H groups in total. The quantitative estimate of drug-likeness (QED) is 0.658. The second-order valence-corrected chi connectivity index (χ2v) is 8.53. The summed E-state index contributed by atoms with van der Waals surface area (Å²) in [6, 6.07) is 11.2. The molecule has 2 aromatic carbocycles. The van der Waals surface area contributed by atoms with Crippen LogP contribution in [0.5, 0.6) is 11.5 Å². The van der Waals surface area contributed by atoms with E-state index in [1.54, 1.807) is 35.4 Å². The zero-order valence-corrected chi connectivity index (χ0v) is 16.5. The minimum atomic E-state index is -4.78. The smallest absolute Gasteiger partial charge is 0.467 e. The number of halogens is 4. The molecule has 29 heavy (non-hydrogen) atoms. The molecule has 154 valence electrons. The summed E-state index contributed by atoms with van der Waals surface area (Å²) in [5, 5.41) is 0.392. The molecule has 1 unspecified atom stereocenters. The predicted molar refractivity (Wildman–Crippen MR) is 103 cm³/mol. The first-order chi connectivity index (χ1) is 13.5. The highest BCUT2D eigenvalue weighted by Crippen LogP contribution is 2.30. The molecule has 1 heterocycles. The molecule has 0 spiro atoms. The zero-order chi connectivity index (χ0) is 21.2. The monoisotopic (exact) mass is 445 g/mol. The van der Waals surface area contributed by atoms with Crippen molar-refractivity contribution in [1.82, 2.24) is 0 Å². The third-order valence-corrected chi connectivity index (χ3v) is 5.15. The van der Waals surface area contributed by atoms with E-state index in [2.05, 4.69) is 4.74 Å². The second kappa shape index (κ2) is 8.00. The molecule has 3 rings (SSSR count). The van der Waals surface area contributed by atoms with Crippen LogP contribution in [0.15, 0.2) is 76.8 Å². The predicted octanol–water partition coefficient (Wildman–Crippen LogP) is 4.85. The number of ether oxygens (including phenoxy) is 2. The van der Waals surface area contributed by atoms with Gasteiger partial charge in [-0.15, -0.1) is 13.2 Å². The normalized spacial score (nSPS) is 17.1. The number of anilines is 1. The molecule has 0 radical (unpaired) electrons. The fourth-order valence-corrected chi connectivity index (χ4v) is 3.41. The Morgan fingerprint density at radius 2 is 1.72 bits per heavy atom. The molecule has 0 saturated heterocycles. The van der Waals surface area contributed by atoms with E-state index in [0.717, 1.165) is 18.4 Å². The molecule has 10 heteroatoms. The van der Waals surface area contributed by atoms with Gasteiger partial charge in [0.25, 0.3) is 0 Å². The summed E-state index contributed by atoms with van der Waals surface area (Å²) in [5.74, 6) is -0.0884. The Kier molecular flexibility index (Phi) is 5.81. The summed E-state index contributed by atoms with van der Waals surface area (Å²) in [6.07, 6.45) is 0.414. The third-order valence-electron chi connectivity index (χ3n) is 3.81. The van der Waals surface area contributed by atoms with Gasteiger partial charge in [-0.1, -0.05) is 17.7 Å². The van der Waals surface area contributed by atoms with Crippen molar-refractivity contribution in [2.45, 2.75) is 17.5 Å². The maximum atomic E-state index is 12.3. The first kappa shape index (κ1) is 21.1. The van der Waals surface area contributed by atoms with E-state index >= 15 is 0 Å². The van der Waals surface area contributed by atoms with Gasteiger partial charge in [0, 0.05) is 18.1 Å². The Bertz CT molecular complexity index is 1050. The molecule has 1 atom stereocenters. The lowest BCUT2D eigenvalue weighted by Crippen LogP contribution is -2.36. The molecular formula is C19H15ClF3NO4S. The largest absolute Gasteiger partial charge is 0.573 e. The lowest BCUT2D eigenvalue weighted by molar-refractivity contribution is -0.274. The minimum absolute atomic E-state index is 0.126. The van der Waals surface area contributed by atoms with E-state index in [-0.39, 0.29) is 16.4 Å². The Labute approximate surface area is 170 Å². The average molecular weight is 446 g/mol. The Balaban J connectivity index is 1.84. The molecule has 0 aliphatic carbocycles. The number of hydrogen-bond acceptors (Lipinski definition) is 5. The van der Waals surface area contributed by atoms with E-state index in [1.165, 1.54) is 24.3 Å². The summed E-state index contributed by atoms with van der Waals surface area (Å²) in [4.78, 5) is 1.73. The van der Waals surface area contributed by atoms with Gasteiger partial charge in [-0.3, -0.25) is 0 Å². The van der Waals surface area contributed by atoms with E-state index in [4.69, 9.17) is 16.3 Å². The van der Waals surface area contributed by atoms with E-state index < -0.39 is 22.4 Å². The third kappa shape index (κ3) is 5.68. The molecule has 0 aromatic heterocycles. The lowest BCUT2D eigenvalue weighted by atomic mass is 10.2. The van der Waals surface area contributed by atoms with Gasteiger partial charge in [0.05, 0.1) is 9.93 Å². The van der Waals surface area contributed by atoms with Crippen LogP contribution in [0.25, 0.3) is 0 Å². The standard InChI is InChI=1S/C19H15ClF3NO4S/c1-29(25,26)17-4-2-3-14(11-17)24-12-13(20)5-10-18(24)27-15-6-8-16(9-7-15)28-19(21,22)23/h2-12,18H,1H3. The van der Waals surface area contributed by atoms with Gasteiger partial charge >= 0.3 is 6.36 Å². The number of rotatable bonds is 5. The second-order valence-electron chi connectivity index (χ2n) is 6.08. The first-order valence-corrected chi connectivity index (χ1v) is 10.4. The molecule has 1 aliphatic heterocycles. The van der Waals surface area contributed by atoms with Crippen LogP contribution >= 0.6 is 11.6 Å². The topological polar surface area (TPSA) is 55.8 Å². The van der Waals surface area contributed by atoms with Gasteiger partial charge in [-0.05, 0) is 54.6 Å². The van der Waals surface area contributed by atoms with Crippen LogP contribution in [0.4, 0.5) is 18.9 Å². The fourth-order valence-electron chi connectivity index (χ4n) is 2.57. The molecule has 2 aromatic rings. The first-order valence-electron chi connectivity index (χ1n) is 8.18. The lowest BCUT2D eigenvalue weighted by Gasteiger charge is -2.31. The van der Waals surface area contributed by atoms with Gasteiger partial charge in [0.2, 0.25) is 0 Å². The summed E-state index contributed by atoms with van der Waals surface area (Å²) >= 11 is 6.08. The van der Waals surface area contributed by atoms with E-state index in [1.807, 2.05) is 0 Å². The van der Waals surface area contributed by atoms with Crippen LogP contribution in [-0.2, 0) is 9.84 Å². The minimum Gasteiger partial charge on any atom is -0.467 e. The summed E-state index contributed by atoms with van der Waals surface area (Å²) < 4.78 is 70.2. The number of allylic oxidation sites excluding steroid dienone is 2. The van der Waals surface area contributed by atoms with Crippen molar-refractivity contribution in [3.63, 3.8) is 0 Å². The van der Waals surface area contributed by atoms with Gasteiger partial charge < -0.3 is 14.4 Å². The van der Waals surface area contributed by atoms with Gasteiger partial charge in [0.15, 0.2) is 16.1 Å². The van der Waals surface area contributed by atoms with Crippen LogP contribution < -0.4 is 14.4 Å². The maximum Gasteiger partial charge on any atom is 0.573 e. The van der Waals surface area contributed by atoms with Gasteiger partial charge in [-0.25, -0.2) is 8.42 Å².